The number of piperidine rings is 1. The highest BCUT2D eigenvalue weighted by Crippen LogP contribution is 2.26. The van der Waals surface area contributed by atoms with Crippen molar-refractivity contribution in [2.45, 2.75) is 153 Å². The van der Waals surface area contributed by atoms with Crippen molar-refractivity contribution in [3.05, 3.63) is 95.6 Å². The van der Waals surface area contributed by atoms with Crippen LogP contribution in [0.4, 0.5) is 0 Å². The molecule has 0 unspecified atom stereocenters. The van der Waals surface area contributed by atoms with Crippen molar-refractivity contribution in [3.63, 3.8) is 0 Å². The van der Waals surface area contributed by atoms with Crippen molar-refractivity contribution in [1.82, 2.24) is 41.7 Å². The molecule has 5 rings (SSSR count). The van der Waals surface area contributed by atoms with E-state index in [0.717, 1.165) is 9.80 Å². The number of cyclic esters (lactones) is 1. The van der Waals surface area contributed by atoms with Crippen LogP contribution in [0.1, 0.15) is 83.4 Å². The number of phenols is 2. The van der Waals surface area contributed by atoms with Gasteiger partial charge in [0, 0.05) is 39.5 Å². The fourth-order valence-corrected chi connectivity index (χ4v) is 9.40. The maximum absolute atomic E-state index is 15.1. The van der Waals surface area contributed by atoms with Gasteiger partial charge in [-0.1, -0.05) is 88.7 Å². The fraction of sp³-hybridized carbons (Fsp3) is 0.518. The van der Waals surface area contributed by atoms with E-state index < -0.39 is 158 Å². The van der Waals surface area contributed by atoms with E-state index in [1.807, 2.05) is 0 Å². The largest absolute Gasteiger partial charge is 0.508 e. The Balaban J connectivity index is 1.53. The maximum atomic E-state index is 15.1. The highest BCUT2D eigenvalue weighted by molar-refractivity contribution is 5.99. The number of rotatable bonds is 19. The second kappa shape index (κ2) is 29.5. The second-order valence-corrected chi connectivity index (χ2v) is 20.7. The summed E-state index contributed by atoms with van der Waals surface area (Å²) in [6, 6.07) is 7.70. The van der Waals surface area contributed by atoms with Crippen molar-refractivity contribution in [2.75, 3.05) is 20.3 Å². The normalized spacial score (nSPS) is 24.1. The Kier molecular flexibility index (Phi) is 23.3. The highest BCUT2D eigenvalue weighted by Gasteiger charge is 2.46. The minimum absolute atomic E-state index is 0.0304. The monoisotopic (exact) mass is 1120 g/mol. The second-order valence-electron chi connectivity index (χ2n) is 20.7. The summed E-state index contributed by atoms with van der Waals surface area (Å²) < 4.78 is 5.86. The van der Waals surface area contributed by atoms with Gasteiger partial charge < -0.3 is 77.1 Å². The van der Waals surface area contributed by atoms with E-state index in [1.165, 1.54) is 62.5 Å². The number of likely N-dealkylation sites (N-methyl/N-ethyl adjacent to an activating group) is 1. The average molecular weight is 1120 g/mol. The molecule has 8 amide bonds. The summed E-state index contributed by atoms with van der Waals surface area (Å²) in [5.41, 5.74) is 1.53. The molecule has 80 heavy (non-hydrogen) atoms. The van der Waals surface area contributed by atoms with Crippen LogP contribution in [0.2, 0.25) is 0 Å². The number of esters is 1. The predicted molar refractivity (Wildman–Crippen MR) is 287 cm³/mol. The molecule has 24 nitrogen and oxygen atoms in total. The molecule has 2 heterocycles. The summed E-state index contributed by atoms with van der Waals surface area (Å²) in [7, 11) is 1.32. The summed E-state index contributed by atoms with van der Waals surface area (Å²) in [5.74, 6) is -10.3. The number of phenolic OH excluding ortho intramolecular Hbond substituents is 2. The summed E-state index contributed by atoms with van der Waals surface area (Å²) in [6.07, 6.45) is -6.28. The van der Waals surface area contributed by atoms with Crippen molar-refractivity contribution < 1.29 is 78.5 Å². The molecule has 2 saturated heterocycles. The molecule has 2 aliphatic rings. The molecule has 2 bridgehead atoms. The number of carbonyl (C=O) groups is 9. The first-order valence-corrected chi connectivity index (χ1v) is 26.8. The lowest BCUT2D eigenvalue weighted by atomic mass is 9.95. The third-order valence-corrected chi connectivity index (χ3v) is 14.4. The lowest BCUT2D eigenvalue weighted by molar-refractivity contribution is -0.165. The van der Waals surface area contributed by atoms with Crippen LogP contribution < -0.4 is 31.9 Å². The lowest BCUT2D eigenvalue weighted by Gasteiger charge is -2.43. The third kappa shape index (κ3) is 16.9. The van der Waals surface area contributed by atoms with Crippen LogP contribution in [-0.2, 0) is 67.2 Å². The molecule has 436 valence electrons. The Morgan fingerprint density at radius 1 is 0.713 bits per heavy atom. The molecule has 2 aliphatic heterocycles. The van der Waals surface area contributed by atoms with Crippen LogP contribution in [0.3, 0.4) is 0 Å². The fourth-order valence-electron chi connectivity index (χ4n) is 9.40. The predicted octanol–water partition coefficient (Wildman–Crippen LogP) is -1.06. The minimum atomic E-state index is -1.93. The molecule has 2 fully saturated rings. The zero-order valence-electron chi connectivity index (χ0n) is 45.7. The van der Waals surface area contributed by atoms with Gasteiger partial charge >= 0.3 is 5.97 Å². The van der Waals surface area contributed by atoms with Crippen LogP contribution in [0, 0.1) is 11.8 Å². The molecule has 3 aromatic rings. The molecule has 24 heteroatoms. The van der Waals surface area contributed by atoms with Gasteiger partial charge in [-0.2, -0.15) is 0 Å². The molecule has 12 N–H and O–H groups in total. The van der Waals surface area contributed by atoms with Gasteiger partial charge in [0.15, 0.2) is 0 Å². The zero-order chi connectivity index (χ0) is 59.0. The zero-order valence-corrected chi connectivity index (χ0v) is 45.7. The molecular formula is C56H76N8O16. The van der Waals surface area contributed by atoms with Crippen LogP contribution in [0.5, 0.6) is 11.5 Å². The Morgan fingerprint density at radius 2 is 1.31 bits per heavy atom. The Labute approximate surface area is 464 Å². The number of fused-ring (bicyclic) bond motifs is 2. The molecule has 0 aliphatic carbocycles. The van der Waals surface area contributed by atoms with Gasteiger partial charge in [0.1, 0.15) is 78.3 Å². The maximum Gasteiger partial charge on any atom is 0.329 e. The molecule has 0 spiro atoms. The first kappa shape index (κ1) is 63.2. The number of amides is 8. The number of hydrogen-bond acceptors (Lipinski definition) is 16. The van der Waals surface area contributed by atoms with Crippen molar-refractivity contribution in [3.8, 4) is 11.5 Å². The third-order valence-electron chi connectivity index (χ3n) is 14.4. The van der Waals surface area contributed by atoms with Crippen molar-refractivity contribution >= 4 is 53.2 Å². The summed E-state index contributed by atoms with van der Waals surface area (Å²) in [6.45, 7) is 6.33. The van der Waals surface area contributed by atoms with Crippen molar-refractivity contribution in [2.24, 2.45) is 11.8 Å². The van der Waals surface area contributed by atoms with E-state index in [9.17, 15) is 69.0 Å². The Bertz CT molecular complexity index is 2630. The summed E-state index contributed by atoms with van der Waals surface area (Å²) >= 11 is 0. The van der Waals surface area contributed by atoms with Gasteiger partial charge in [0.2, 0.25) is 47.3 Å². The standard InChI is InChI=1S/C56H76N8O16/c1-7-31(4)46(61-51(74)43(69)29-35-15-19-37(68)20-16-35)52(75)57-39(24-26-66)49(72)62-47-32(5)80-56(79)45(30(2)3)60-50(73)41(27-34-13-17-36(67)18-14-34)63(6)55(78)42(28-33-11-9-8-10-12-33)64-44(70)22-21-40(54(64)77)59-48(71)38(23-25-65)58-53(47)76/h8-20,30-32,38-47,65-70H,7,21-29H2,1-6H3,(H,57,75)(H,58,76)(H,59,71)(H,60,73)(H,61,74)(H,62,72)/t31-,32+,38-,39-,40-,41-,42-,43+,44-,45-,46-,47-/m0/s1. The number of aliphatic hydroxyl groups is 4. The van der Waals surface area contributed by atoms with Crippen LogP contribution >= 0.6 is 0 Å². The van der Waals surface area contributed by atoms with E-state index in [-0.39, 0.29) is 43.6 Å². The molecule has 0 radical (unpaired) electrons. The van der Waals surface area contributed by atoms with Crippen LogP contribution in [0.25, 0.3) is 0 Å². The van der Waals surface area contributed by atoms with Crippen LogP contribution in [-0.4, -0.2) is 181 Å². The topological polar surface area (TPSA) is 363 Å². The van der Waals surface area contributed by atoms with Gasteiger partial charge in [-0.25, -0.2) is 4.79 Å². The molecule has 0 aromatic heterocycles. The number of aromatic hydroxyl groups is 2. The molecular weight excluding hydrogens is 1040 g/mol. The Morgan fingerprint density at radius 3 is 1.90 bits per heavy atom. The SMILES string of the molecule is CC[C@H](C)[C@H](NC(=O)[C@H](O)Cc1ccc(O)cc1)C(=O)N[C@@H](CCO)C(=O)N[C@@H]1C(=O)N[C@@H](CCO)C(=O)N[C@H]2CC[C@H](O)N(C2=O)[C@@H](Cc2ccccc2)C(=O)N(C)[C@@H](Cc2ccc(O)cc2)C(=O)N[C@@H](C(C)C)C(=O)O[C@@H]1C. The average Bonchev–Trinajstić information content (AvgIpc) is 3.42. The van der Waals surface area contributed by atoms with E-state index in [0.29, 0.717) is 23.1 Å². The number of hydrogen-bond donors (Lipinski definition) is 12. The van der Waals surface area contributed by atoms with Gasteiger partial charge in [-0.05, 0) is 85.4 Å². The summed E-state index contributed by atoms with van der Waals surface area (Å²) in [5, 5.41) is 77.6. The van der Waals surface area contributed by atoms with Crippen LogP contribution in [0.15, 0.2) is 78.9 Å². The molecule has 0 saturated carbocycles. The van der Waals surface area contributed by atoms with E-state index in [4.69, 9.17) is 4.74 Å². The lowest BCUT2D eigenvalue weighted by Crippen LogP contribution is -2.65. The Hall–Kier alpha value is -7.67. The van der Waals surface area contributed by atoms with Gasteiger partial charge in [-0.15, -0.1) is 0 Å². The molecule has 3 aromatic carbocycles. The van der Waals surface area contributed by atoms with Gasteiger partial charge in [0.25, 0.3) is 0 Å². The highest BCUT2D eigenvalue weighted by atomic mass is 16.5. The van der Waals surface area contributed by atoms with E-state index >= 15 is 4.79 Å². The number of carbonyl (C=O) groups excluding carboxylic acids is 9. The van der Waals surface area contributed by atoms with Crippen molar-refractivity contribution in [1.29, 1.82) is 0 Å². The number of aliphatic hydroxyl groups excluding tert-OH is 4. The smallest absolute Gasteiger partial charge is 0.329 e. The number of nitrogens with one attached hydrogen (secondary N) is 6. The summed E-state index contributed by atoms with van der Waals surface area (Å²) in [4.78, 5) is 131. The minimum Gasteiger partial charge on any atom is -0.508 e. The first-order valence-electron chi connectivity index (χ1n) is 26.8. The molecule has 12 atom stereocenters. The van der Waals surface area contributed by atoms with E-state index in [2.05, 4.69) is 31.9 Å². The quantitative estimate of drug-likeness (QED) is 0.0637. The number of ether oxygens (including phenoxy) is 1. The number of benzene rings is 3. The van der Waals surface area contributed by atoms with Gasteiger partial charge in [0.05, 0.1) is 0 Å². The first-order chi connectivity index (χ1) is 38.0. The number of nitrogens with zero attached hydrogens (tertiary/aromatic N) is 2. The van der Waals surface area contributed by atoms with E-state index in [1.54, 1.807) is 58.0 Å². The van der Waals surface area contributed by atoms with Gasteiger partial charge in [-0.3, -0.25) is 38.4 Å².